The van der Waals surface area contributed by atoms with E-state index in [0.717, 1.165) is 5.92 Å². The van der Waals surface area contributed by atoms with Gasteiger partial charge in [-0.05, 0) is 12.8 Å². The largest absolute Gasteiger partial charge is 0.124 e. The SMILES string of the molecule is C#C.C=CC.CC(C)C. The molecule has 0 spiro atoms. The third kappa shape index (κ3) is 418. The van der Waals surface area contributed by atoms with E-state index < -0.39 is 0 Å². The van der Waals surface area contributed by atoms with Crippen LogP contribution in [-0.2, 0) is 0 Å². The van der Waals surface area contributed by atoms with Crippen LogP contribution in [0.2, 0.25) is 0 Å². The van der Waals surface area contributed by atoms with Crippen LogP contribution < -0.4 is 0 Å². The molecule has 0 aromatic carbocycles. The van der Waals surface area contributed by atoms with Gasteiger partial charge in [0.1, 0.15) is 0 Å². The maximum atomic E-state index is 4.00. The third-order valence-electron chi connectivity index (χ3n) is 0. The van der Waals surface area contributed by atoms with Crippen molar-refractivity contribution in [2.45, 2.75) is 27.7 Å². The fourth-order valence-corrected chi connectivity index (χ4v) is 0. The Balaban J connectivity index is -0.0000000646. The summed E-state index contributed by atoms with van der Waals surface area (Å²) in [6, 6.07) is 0. The summed E-state index contributed by atoms with van der Waals surface area (Å²) in [5, 5.41) is 0. The van der Waals surface area contributed by atoms with E-state index in [0.29, 0.717) is 0 Å². The first-order valence-electron chi connectivity index (χ1n) is 3.05. The molecule has 54 valence electrons. The highest BCUT2D eigenvalue weighted by Gasteiger charge is 1.68. The van der Waals surface area contributed by atoms with Crippen molar-refractivity contribution >= 4 is 0 Å². The van der Waals surface area contributed by atoms with Crippen LogP contribution >= 0.6 is 0 Å². The van der Waals surface area contributed by atoms with Gasteiger partial charge in [-0.25, -0.2) is 0 Å². The lowest BCUT2D eigenvalue weighted by molar-refractivity contribution is 0.737. The number of hydrogen-bond acceptors (Lipinski definition) is 0. The summed E-state index contributed by atoms with van der Waals surface area (Å²) in [4.78, 5) is 0. The highest BCUT2D eigenvalue weighted by Crippen LogP contribution is 1.81. The molecule has 0 heteroatoms. The van der Waals surface area contributed by atoms with Crippen LogP contribution in [0.4, 0.5) is 0 Å². The topological polar surface area (TPSA) is 0 Å². The molecule has 0 saturated carbocycles. The van der Waals surface area contributed by atoms with E-state index >= 15 is 0 Å². The van der Waals surface area contributed by atoms with E-state index in [1.807, 2.05) is 6.92 Å². The van der Waals surface area contributed by atoms with Crippen molar-refractivity contribution in [3.05, 3.63) is 12.7 Å². The predicted octanol–water partition coefficient (Wildman–Crippen LogP) is 3.10. The summed E-state index contributed by atoms with van der Waals surface area (Å²) in [6.45, 7) is 11.7. The van der Waals surface area contributed by atoms with Crippen molar-refractivity contribution in [3.63, 3.8) is 0 Å². The van der Waals surface area contributed by atoms with Crippen molar-refractivity contribution in [2.24, 2.45) is 5.92 Å². The van der Waals surface area contributed by atoms with Gasteiger partial charge in [-0.2, -0.15) is 0 Å². The van der Waals surface area contributed by atoms with E-state index in [1.165, 1.54) is 0 Å². The molecule has 0 aromatic rings. The van der Waals surface area contributed by atoms with Crippen LogP contribution in [0.15, 0.2) is 12.7 Å². The molecular formula is C9H18. The molecule has 0 aliphatic carbocycles. The van der Waals surface area contributed by atoms with Crippen molar-refractivity contribution in [1.29, 1.82) is 0 Å². The van der Waals surface area contributed by atoms with E-state index in [4.69, 9.17) is 0 Å². The summed E-state index contributed by atoms with van der Waals surface area (Å²) in [5.74, 6) is 0.833. The lowest BCUT2D eigenvalue weighted by atomic mass is 10.3. The first kappa shape index (κ1) is 15.7. The van der Waals surface area contributed by atoms with Gasteiger partial charge in [0.25, 0.3) is 0 Å². The zero-order chi connectivity index (χ0) is 8.28. The van der Waals surface area contributed by atoms with Crippen molar-refractivity contribution in [1.82, 2.24) is 0 Å². The second kappa shape index (κ2) is 26.6. The van der Waals surface area contributed by atoms with Crippen LogP contribution in [0.1, 0.15) is 27.7 Å². The van der Waals surface area contributed by atoms with Gasteiger partial charge in [0, 0.05) is 0 Å². The molecule has 9 heavy (non-hydrogen) atoms. The van der Waals surface area contributed by atoms with Crippen LogP contribution in [0.25, 0.3) is 0 Å². The molecule has 0 heterocycles. The maximum absolute atomic E-state index is 4.00. The Morgan fingerprint density at radius 1 is 1.22 bits per heavy atom. The second-order valence-corrected chi connectivity index (χ2v) is 2.14. The maximum Gasteiger partial charge on any atom is -0.0473 e. The Morgan fingerprint density at radius 3 is 1.22 bits per heavy atom. The Hall–Kier alpha value is -0.700. The third-order valence-corrected chi connectivity index (χ3v) is 0. The molecule has 0 bridgehead atoms. The molecule has 0 radical (unpaired) electrons. The summed E-state index contributed by atoms with van der Waals surface area (Å²) in [5.41, 5.74) is 0. The number of hydrogen-bond donors (Lipinski definition) is 0. The van der Waals surface area contributed by atoms with Gasteiger partial charge in [0.05, 0.1) is 0 Å². The molecule has 0 atom stereocenters. The smallest absolute Gasteiger partial charge is 0.0473 e. The summed E-state index contributed by atoms with van der Waals surface area (Å²) >= 11 is 0. The molecule has 0 saturated heterocycles. The van der Waals surface area contributed by atoms with Gasteiger partial charge in [0.15, 0.2) is 0 Å². The quantitative estimate of drug-likeness (QED) is 0.345. The first-order chi connectivity index (χ1) is 4.15. The number of rotatable bonds is 0. The predicted molar refractivity (Wildman–Crippen MR) is 46.3 cm³/mol. The molecule has 0 fully saturated rings. The lowest BCUT2D eigenvalue weighted by Gasteiger charge is -1.79. The van der Waals surface area contributed by atoms with Gasteiger partial charge in [-0.1, -0.05) is 26.8 Å². The Bertz CT molecular complexity index is 45.5. The Labute approximate surface area is 60.0 Å². The molecule has 0 aromatic heterocycles. The van der Waals surface area contributed by atoms with E-state index in [-0.39, 0.29) is 0 Å². The van der Waals surface area contributed by atoms with Gasteiger partial charge < -0.3 is 0 Å². The van der Waals surface area contributed by atoms with E-state index in [2.05, 4.69) is 40.2 Å². The molecule has 0 N–H and O–H groups in total. The summed E-state index contributed by atoms with van der Waals surface area (Å²) < 4.78 is 0. The minimum atomic E-state index is 0.833. The minimum absolute atomic E-state index is 0.833. The number of allylic oxidation sites excluding steroid dienone is 1. The molecule has 0 aliphatic rings. The van der Waals surface area contributed by atoms with Crippen LogP contribution in [0, 0.1) is 18.8 Å². The Kier molecular flexibility index (Phi) is 46.5. The van der Waals surface area contributed by atoms with Crippen molar-refractivity contribution in [2.75, 3.05) is 0 Å². The average Bonchev–Trinajstić information content (AvgIpc) is 1.71. The van der Waals surface area contributed by atoms with E-state index in [1.54, 1.807) is 6.08 Å². The van der Waals surface area contributed by atoms with Gasteiger partial charge >= 0.3 is 0 Å². The van der Waals surface area contributed by atoms with Crippen LogP contribution in [0.3, 0.4) is 0 Å². The monoisotopic (exact) mass is 126 g/mol. The van der Waals surface area contributed by atoms with Gasteiger partial charge in [-0.3, -0.25) is 0 Å². The standard InChI is InChI=1S/C4H10.C3H6.C2H2/c1-4(2)3;1-3-2;1-2/h4H,1-3H3;3H,1H2,2H3;1-2H. The second-order valence-electron chi connectivity index (χ2n) is 2.14. The fourth-order valence-electron chi connectivity index (χ4n) is 0. The lowest BCUT2D eigenvalue weighted by Crippen LogP contribution is -1.66. The highest BCUT2D eigenvalue weighted by atomic mass is 13.7. The fraction of sp³-hybridized carbons (Fsp3) is 0.556. The first-order valence-corrected chi connectivity index (χ1v) is 3.05. The van der Waals surface area contributed by atoms with Gasteiger partial charge in [0.2, 0.25) is 0 Å². The minimum Gasteiger partial charge on any atom is -0.124 e. The van der Waals surface area contributed by atoms with Crippen LogP contribution in [0.5, 0.6) is 0 Å². The van der Waals surface area contributed by atoms with Crippen LogP contribution in [-0.4, -0.2) is 0 Å². The zero-order valence-corrected chi connectivity index (χ0v) is 7.02. The van der Waals surface area contributed by atoms with Crippen molar-refractivity contribution < 1.29 is 0 Å². The van der Waals surface area contributed by atoms with Gasteiger partial charge in [-0.15, -0.1) is 19.4 Å². The molecule has 0 nitrogen and oxygen atoms in total. The zero-order valence-electron chi connectivity index (χ0n) is 7.02. The molecule has 0 unspecified atom stereocenters. The highest BCUT2D eigenvalue weighted by molar-refractivity contribution is 4.51. The van der Waals surface area contributed by atoms with E-state index in [9.17, 15) is 0 Å². The normalized spacial score (nSPS) is 5.67. The average molecular weight is 126 g/mol. The molecule has 0 aliphatic heterocycles. The van der Waals surface area contributed by atoms with Crippen molar-refractivity contribution in [3.8, 4) is 12.8 Å². The molecule has 0 rings (SSSR count). The summed E-state index contributed by atoms with van der Waals surface area (Å²) in [6.07, 6.45) is 9.75. The molecular weight excluding hydrogens is 108 g/mol. The Morgan fingerprint density at radius 2 is 1.22 bits per heavy atom. The number of terminal acetylenes is 1. The molecule has 0 amide bonds. The summed E-state index contributed by atoms with van der Waals surface area (Å²) in [7, 11) is 0.